The van der Waals surface area contributed by atoms with Gasteiger partial charge in [-0.05, 0) is 89.9 Å². The molecule has 0 aliphatic carbocycles. The van der Waals surface area contributed by atoms with Crippen molar-refractivity contribution in [2.24, 2.45) is 0 Å². The van der Waals surface area contributed by atoms with Crippen LogP contribution in [0.5, 0.6) is 0 Å². The van der Waals surface area contributed by atoms with Crippen molar-refractivity contribution >= 4 is 17.9 Å². The van der Waals surface area contributed by atoms with Crippen LogP contribution in [0.2, 0.25) is 0 Å². The number of hydrogen-bond donors (Lipinski definition) is 0. The highest BCUT2D eigenvalue weighted by atomic mass is 16.6. The van der Waals surface area contributed by atoms with Crippen LogP contribution < -0.4 is 0 Å². The Hall–Kier alpha value is -2.63. The van der Waals surface area contributed by atoms with E-state index in [-0.39, 0.29) is 31.1 Å². The smallest absolute Gasteiger partial charge is 0.306 e. The summed E-state index contributed by atoms with van der Waals surface area (Å²) in [6.07, 6.45) is 62.4. The van der Waals surface area contributed by atoms with Crippen molar-refractivity contribution < 1.29 is 28.6 Å². The molecule has 6 nitrogen and oxygen atoms in total. The molecule has 63 heavy (non-hydrogen) atoms. The largest absolute Gasteiger partial charge is 0.462 e. The quantitative estimate of drug-likeness (QED) is 0.0199. The normalized spacial score (nSPS) is 12.4. The molecule has 0 aliphatic rings. The van der Waals surface area contributed by atoms with E-state index in [0.717, 1.165) is 83.5 Å². The Morgan fingerprint density at radius 3 is 0.952 bits per heavy atom. The molecule has 6 heteroatoms. The zero-order valence-corrected chi connectivity index (χ0v) is 41.8. The minimum atomic E-state index is -0.792. The minimum absolute atomic E-state index is 0.0899. The van der Waals surface area contributed by atoms with Crippen LogP contribution >= 0.6 is 0 Å². The van der Waals surface area contributed by atoms with Gasteiger partial charge in [-0.25, -0.2) is 0 Å². The van der Waals surface area contributed by atoms with E-state index in [4.69, 9.17) is 14.2 Å². The summed E-state index contributed by atoms with van der Waals surface area (Å²) in [6, 6.07) is 0. The summed E-state index contributed by atoms with van der Waals surface area (Å²) < 4.78 is 16.8. The summed E-state index contributed by atoms with van der Waals surface area (Å²) in [7, 11) is 0. The van der Waals surface area contributed by atoms with Gasteiger partial charge < -0.3 is 14.2 Å². The number of ether oxygens (including phenoxy) is 3. The Kier molecular flexibility index (Phi) is 49.8. The van der Waals surface area contributed by atoms with E-state index in [9.17, 15) is 14.4 Å². The molecule has 0 N–H and O–H groups in total. The molecule has 1 atom stereocenters. The van der Waals surface area contributed by atoms with Gasteiger partial charge in [-0.3, -0.25) is 14.4 Å². The van der Waals surface area contributed by atoms with E-state index in [1.807, 2.05) is 0 Å². The molecule has 0 aromatic heterocycles. The molecule has 0 rings (SSSR count). The molecular weight excluding hydrogens is 781 g/mol. The Bertz CT molecular complexity index is 1110. The summed E-state index contributed by atoms with van der Waals surface area (Å²) in [4.78, 5) is 38.0. The van der Waals surface area contributed by atoms with Crippen LogP contribution in [0.3, 0.4) is 0 Å². The third-order valence-corrected chi connectivity index (χ3v) is 11.8. The van der Waals surface area contributed by atoms with Crippen LogP contribution in [0.4, 0.5) is 0 Å². The van der Waals surface area contributed by atoms with Gasteiger partial charge in [-0.15, -0.1) is 0 Å². The molecule has 0 aliphatic heterocycles. The third kappa shape index (κ3) is 50.2. The number of rotatable bonds is 49. The lowest BCUT2D eigenvalue weighted by molar-refractivity contribution is -0.167. The van der Waals surface area contributed by atoms with Crippen LogP contribution in [0, 0.1) is 0 Å². The van der Waals surface area contributed by atoms with E-state index >= 15 is 0 Å². The summed E-state index contributed by atoms with van der Waals surface area (Å²) >= 11 is 0. The summed E-state index contributed by atoms with van der Waals surface area (Å²) in [5.41, 5.74) is 0. The molecule has 0 aromatic carbocycles. The maximum Gasteiger partial charge on any atom is 0.306 e. The van der Waals surface area contributed by atoms with Crippen LogP contribution in [0.25, 0.3) is 0 Å². The molecule has 0 bridgehead atoms. The molecule has 0 aromatic rings. The summed E-state index contributed by atoms with van der Waals surface area (Å²) in [5, 5.41) is 0. The van der Waals surface area contributed by atoms with E-state index in [2.05, 4.69) is 69.4 Å². The van der Waals surface area contributed by atoms with Crippen molar-refractivity contribution in [1.29, 1.82) is 0 Å². The Balaban J connectivity index is 4.39. The van der Waals surface area contributed by atoms with E-state index in [1.54, 1.807) is 0 Å². The van der Waals surface area contributed by atoms with Crippen LogP contribution in [-0.2, 0) is 28.6 Å². The number of allylic oxidation sites excluding steroid dienone is 8. The van der Waals surface area contributed by atoms with Crippen LogP contribution in [0.15, 0.2) is 48.6 Å². The molecule has 0 spiro atoms. The monoisotopic (exact) mass is 883 g/mol. The standard InChI is InChI=1S/C57H102O6/c1-4-7-10-13-16-19-22-24-26-28-29-31-32-35-38-41-44-47-50-56(59)62-53-54(52-61-55(58)49-46-43-40-37-34-21-18-15-12-9-6-3)63-57(60)51-48-45-42-39-36-33-30-27-25-23-20-17-14-11-8-5-2/h15,18,27,29-31,33,36,54H,4-14,16-17,19-26,28,32,34-35,37-53H2,1-3H3/b18-15-,30-27-,31-29-,36-33-. The van der Waals surface area contributed by atoms with Crippen molar-refractivity contribution in [3.05, 3.63) is 48.6 Å². The van der Waals surface area contributed by atoms with Crippen molar-refractivity contribution in [3.63, 3.8) is 0 Å². The lowest BCUT2D eigenvalue weighted by atomic mass is 10.1. The van der Waals surface area contributed by atoms with Gasteiger partial charge in [0, 0.05) is 19.3 Å². The second-order valence-electron chi connectivity index (χ2n) is 18.2. The first kappa shape index (κ1) is 60.4. The number of carbonyl (C=O) groups excluding carboxylic acids is 3. The van der Waals surface area contributed by atoms with Gasteiger partial charge in [0.1, 0.15) is 13.2 Å². The summed E-state index contributed by atoms with van der Waals surface area (Å²) in [5.74, 6) is -0.926. The third-order valence-electron chi connectivity index (χ3n) is 11.8. The lowest BCUT2D eigenvalue weighted by Crippen LogP contribution is -2.30. The molecule has 0 radical (unpaired) electrons. The number of unbranched alkanes of at least 4 members (excludes halogenated alkanes) is 31. The molecular formula is C57H102O6. The van der Waals surface area contributed by atoms with Gasteiger partial charge in [-0.2, -0.15) is 0 Å². The van der Waals surface area contributed by atoms with Crippen molar-refractivity contribution in [2.45, 2.75) is 284 Å². The highest BCUT2D eigenvalue weighted by molar-refractivity contribution is 5.71. The van der Waals surface area contributed by atoms with Gasteiger partial charge in [-0.1, -0.05) is 217 Å². The average Bonchev–Trinajstić information content (AvgIpc) is 3.28. The lowest BCUT2D eigenvalue weighted by Gasteiger charge is -2.18. The maximum absolute atomic E-state index is 12.8. The molecule has 0 fully saturated rings. The molecule has 0 heterocycles. The van der Waals surface area contributed by atoms with Gasteiger partial charge in [0.15, 0.2) is 6.10 Å². The molecule has 0 saturated heterocycles. The first-order valence-corrected chi connectivity index (χ1v) is 27.2. The van der Waals surface area contributed by atoms with Crippen LogP contribution in [-0.4, -0.2) is 37.2 Å². The van der Waals surface area contributed by atoms with Crippen molar-refractivity contribution in [2.75, 3.05) is 13.2 Å². The van der Waals surface area contributed by atoms with Gasteiger partial charge in [0.2, 0.25) is 0 Å². The topological polar surface area (TPSA) is 78.9 Å². The van der Waals surface area contributed by atoms with Gasteiger partial charge in [0.25, 0.3) is 0 Å². The number of esters is 3. The van der Waals surface area contributed by atoms with Gasteiger partial charge >= 0.3 is 17.9 Å². The first-order valence-electron chi connectivity index (χ1n) is 27.2. The SMILES string of the molecule is CCCC/C=C\CCCCCCCC(=O)OCC(COC(=O)CCCCCCC/C=C\CCCCCCCCCCC)OC(=O)CCCCC/C=C\C=C/CCCCCCCCC. The molecule has 1 unspecified atom stereocenters. The average molecular weight is 883 g/mol. The minimum Gasteiger partial charge on any atom is -0.462 e. The van der Waals surface area contributed by atoms with E-state index < -0.39 is 6.10 Å². The summed E-state index contributed by atoms with van der Waals surface area (Å²) in [6.45, 7) is 6.58. The fourth-order valence-corrected chi connectivity index (χ4v) is 7.64. The first-order chi connectivity index (χ1) is 31.0. The number of hydrogen-bond acceptors (Lipinski definition) is 6. The maximum atomic E-state index is 12.8. The van der Waals surface area contributed by atoms with Crippen molar-refractivity contribution in [3.8, 4) is 0 Å². The van der Waals surface area contributed by atoms with Gasteiger partial charge in [0.05, 0.1) is 0 Å². The van der Waals surface area contributed by atoms with Crippen molar-refractivity contribution in [1.82, 2.24) is 0 Å². The zero-order chi connectivity index (χ0) is 45.8. The highest BCUT2D eigenvalue weighted by Crippen LogP contribution is 2.14. The number of carbonyl (C=O) groups is 3. The Morgan fingerprint density at radius 2 is 0.587 bits per heavy atom. The second-order valence-corrected chi connectivity index (χ2v) is 18.2. The van der Waals surface area contributed by atoms with E-state index in [0.29, 0.717) is 19.3 Å². The highest BCUT2D eigenvalue weighted by Gasteiger charge is 2.19. The Labute approximate surface area is 390 Å². The zero-order valence-electron chi connectivity index (χ0n) is 41.8. The Morgan fingerprint density at radius 1 is 0.317 bits per heavy atom. The molecule has 0 saturated carbocycles. The fraction of sp³-hybridized carbons (Fsp3) is 0.807. The van der Waals surface area contributed by atoms with E-state index in [1.165, 1.54) is 154 Å². The predicted molar refractivity (Wildman–Crippen MR) is 270 cm³/mol. The fourth-order valence-electron chi connectivity index (χ4n) is 7.64. The second kappa shape index (κ2) is 52.0. The molecule has 0 amide bonds. The predicted octanol–water partition coefficient (Wildman–Crippen LogP) is 17.9. The molecule has 366 valence electrons. The van der Waals surface area contributed by atoms with Crippen LogP contribution in [0.1, 0.15) is 278 Å².